The van der Waals surface area contributed by atoms with E-state index in [1.807, 2.05) is 13.8 Å². The number of amides is 1. The Balaban J connectivity index is 2.54. The summed E-state index contributed by atoms with van der Waals surface area (Å²) in [6.07, 6.45) is 0.942. The molecule has 1 heterocycles. The first-order valence-corrected chi connectivity index (χ1v) is 5.08. The summed E-state index contributed by atoms with van der Waals surface area (Å²) in [5.74, 6) is -0.982. The molecule has 88 valence electrons. The fraction of sp³-hybridized carbons (Fsp3) is 0.444. The lowest BCUT2D eigenvalue weighted by Crippen LogP contribution is -2.35. The lowest BCUT2D eigenvalue weighted by atomic mass is 10.4. The van der Waals surface area contributed by atoms with Crippen LogP contribution < -0.4 is 10.6 Å². The van der Waals surface area contributed by atoms with Gasteiger partial charge in [0.2, 0.25) is 11.2 Å². The van der Waals surface area contributed by atoms with Crippen LogP contribution in [-0.2, 0) is 4.79 Å². The van der Waals surface area contributed by atoms with Gasteiger partial charge in [0.15, 0.2) is 11.6 Å². The normalized spacial score (nSPS) is 10.3. The third kappa shape index (κ3) is 3.98. The molecule has 0 atom stereocenters. The average molecular weight is 247 g/mol. The molecule has 2 N–H and O–H groups in total. The van der Waals surface area contributed by atoms with Crippen molar-refractivity contribution in [2.45, 2.75) is 19.9 Å². The maximum Gasteiger partial charge on any atom is 0.239 e. The second-order valence-corrected chi connectivity index (χ2v) is 3.75. The van der Waals surface area contributed by atoms with E-state index in [1.165, 1.54) is 0 Å². The van der Waals surface area contributed by atoms with Gasteiger partial charge in [-0.1, -0.05) is 0 Å². The molecule has 0 unspecified atom stereocenters. The van der Waals surface area contributed by atoms with Gasteiger partial charge in [-0.3, -0.25) is 4.79 Å². The van der Waals surface area contributed by atoms with Crippen molar-refractivity contribution >= 4 is 23.3 Å². The van der Waals surface area contributed by atoms with E-state index in [1.54, 1.807) is 0 Å². The number of nitrogens with zero attached hydrogens (tertiary/aromatic N) is 2. The highest BCUT2D eigenvalue weighted by Gasteiger charge is 2.08. The van der Waals surface area contributed by atoms with Crippen LogP contribution >= 0.6 is 11.6 Å². The quantitative estimate of drug-likeness (QED) is 0.784. The van der Waals surface area contributed by atoms with Gasteiger partial charge in [-0.15, -0.1) is 0 Å². The minimum absolute atomic E-state index is 0.0353. The number of carbonyl (C=O) groups is 1. The Labute approximate surface area is 97.4 Å². The van der Waals surface area contributed by atoms with Gasteiger partial charge in [-0.2, -0.15) is 4.98 Å². The van der Waals surface area contributed by atoms with Crippen molar-refractivity contribution in [2.24, 2.45) is 0 Å². The van der Waals surface area contributed by atoms with Crippen LogP contribution in [0.2, 0.25) is 5.28 Å². The number of halogens is 2. The first-order valence-electron chi connectivity index (χ1n) is 4.70. The van der Waals surface area contributed by atoms with Crippen LogP contribution in [0.5, 0.6) is 0 Å². The van der Waals surface area contributed by atoms with Crippen molar-refractivity contribution < 1.29 is 9.18 Å². The summed E-state index contributed by atoms with van der Waals surface area (Å²) < 4.78 is 13.1. The van der Waals surface area contributed by atoms with Gasteiger partial charge in [0.25, 0.3) is 0 Å². The molecule has 0 bridgehead atoms. The van der Waals surface area contributed by atoms with E-state index < -0.39 is 5.82 Å². The van der Waals surface area contributed by atoms with Crippen LogP contribution in [-0.4, -0.2) is 28.5 Å². The zero-order valence-electron chi connectivity index (χ0n) is 8.92. The molecule has 0 saturated carbocycles. The molecule has 1 amide bonds. The Morgan fingerprint density at radius 2 is 2.31 bits per heavy atom. The molecule has 0 aromatic carbocycles. The van der Waals surface area contributed by atoms with Crippen LogP contribution in [0.4, 0.5) is 10.2 Å². The summed E-state index contributed by atoms with van der Waals surface area (Å²) in [4.78, 5) is 18.3. The molecule has 0 fully saturated rings. The number of anilines is 1. The van der Waals surface area contributed by atoms with Crippen LogP contribution in [0.25, 0.3) is 0 Å². The summed E-state index contributed by atoms with van der Waals surface area (Å²) in [6.45, 7) is 3.60. The largest absolute Gasteiger partial charge is 0.358 e. The molecule has 0 radical (unpaired) electrons. The molecule has 16 heavy (non-hydrogen) atoms. The second kappa shape index (κ2) is 5.60. The fourth-order valence-electron chi connectivity index (χ4n) is 1.01. The first-order chi connectivity index (χ1) is 7.49. The number of nitrogens with one attached hydrogen (secondary N) is 2. The molecule has 0 aliphatic carbocycles. The predicted octanol–water partition coefficient (Wildman–Crippen LogP) is 1.21. The summed E-state index contributed by atoms with van der Waals surface area (Å²) in [6, 6.07) is 0.0353. The van der Waals surface area contributed by atoms with Crippen molar-refractivity contribution in [2.75, 3.05) is 11.9 Å². The summed E-state index contributed by atoms with van der Waals surface area (Å²) in [5, 5.41) is 5.11. The Hall–Kier alpha value is -1.43. The highest BCUT2D eigenvalue weighted by Crippen LogP contribution is 2.11. The van der Waals surface area contributed by atoms with Gasteiger partial charge in [-0.05, 0) is 25.4 Å². The molecule has 0 saturated heterocycles. The molecular formula is C9H12ClFN4O. The average Bonchev–Trinajstić information content (AvgIpc) is 2.18. The van der Waals surface area contributed by atoms with Gasteiger partial charge in [-0.25, -0.2) is 9.37 Å². The minimum atomic E-state index is -0.651. The van der Waals surface area contributed by atoms with E-state index in [9.17, 15) is 9.18 Å². The number of aromatic nitrogens is 2. The zero-order chi connectivity index (χ0) is 12.1. The Morgan fingerprint density at radius 3 is 2.94 bits per heavy atom. The lowest BCUT2D eigenvalue weighted by molar-refractivity contribution is -0.119. The Bertz CT molecular complexity index is 386. The van der Waals surface area contributed by atoms with E-state index in [0.717, 1.165) is 6.20 Å². The molecule has 0 aliphatic rings. The van der Waals surface area contributed by atoms with Crippen LogP contribution in [0, 0.1) is 5.82 Å². The van der Waals surface area contributed by atoms with E-state index >= 15 is 0 Å². The molecule has 0 aliphatic heterocycles. The smallest absolute Gasteiger partial charge is 0.239 e. The fourth-order valence-corrected chi connectivity index (χ4v) is 1.14. The van der Waals surface area contributed by atoms with Crippen LogP contribution in [0.1, 0.15) is 13.8 Å². The summed E-state index contributed by atoms with van der Waals surface area (Å²) in [7, 11) is 0. The number of hydrogen-bond donors (Lipinski definition) is 2. The number of carbonyl (C=O) groups excluding carboxylic acids is 1. The predicted molar refractivity (Wildman–Crippen MR) is 58.8 cm³/mol. The first kappa shape index (κ1) is 12.6. The second-order valence-electron chi connectivity index (χ2n) is 3.41. The van der Waals surface area contributed by atoms with Gasteiger partial charge >= 0.3 is 0 Å². The Morgan fingerprint density at radius 1 is 1.62 bits per heavy atom. The maximum absolute atomic E-state index is 13.1. The third-order valence-corrected chi connectivity index (χ3v) is 1.76. The van der Waals surface area contributed by atoms with E-state index in [0.29, 0.717) is 0 Å². The van der Waals surface area contributed by atoms with Crippen LogP contribution in [0.15, 0.2) is 6.20 Å². The third-order valence-electron chi connectivity index (χ3n) is 1.58. The molecule has 1 aromatic rings. The van der Waals surface area contributed by atoms with E-state index in [4.69, 9.17) is 11.6 Å². The van der Waals surface area contributed by atoms with Gasteiger partial charge in [0.05, 0.1) is 12.7 Å². The van der Waals surface area contributed by atoms with Crippen LogP contribution in [0.3, 0.4) is 0 Å². The van der Waals surface area contributed by atoms with Gasteiger partial charge in [0, 0.05) is 6.04 Å². The molecular weight excluding hydrogens is 235 g/mol. The monoisotopic (exact) mass is 246 g/mol. The van der Waals surface area contributed by atoms with E-state index in [-0.39, 0.29) is 29.6 Å². The molecule has 7 heteroatoms. The minimum Gasteiger partial charge on any atom is -0.358 e. The molecule has 5 nitrogen and oxygen atoms in total. The number of hydrogen-bond acceptors (Lipinski definition) is 4. The highest BCUT2D eigenvalue weighted by atomic mass is 35.5. The topological polar surface area (TPSA) is 66.9 Å². The maximum atomic E-state index is 13.1. The van der Waals surface area contributed by atoms with Crippen molar-refractivity contribution in [1.82, 2.24) is 15.3 Å². The van der Waals surface area contributed by atoms with E-state index in [2.05, 4.69) is 20.6 Å². The number of rotatable bonds is 4. The van der Waals surface area contributed by atoms with Crippen molar-refractivity contribution in [3.8, 4) is 0 Å². The summed E-state index contributed by atoms with van der Waals surface area (Å²) >= 11 is 5.49. The molecule has 0 spiro atoms. The Kier molecular flexibility index (Phi) is 4.42. The zero-order valence-corrected chi connectivity index (χ0v) is 9.68. The van der Waals surface area contributed by atoms with Crippen molar-refractivity contribution in [3.05, 3.63) is 17.3 Å². The summed E-state index contributed by atoms with van der Waals surface area (Å²) in [5.41, 5.74) is 0. The molecule has 1 aromatic heterocycles. The SMILES string of the molecule is CC(C)NC(=O)CNc1nc(Cl)ncc1F. The van der Waals surface area contributed by atoms with Gasteiger partial charge < -0.3 is 10.6 Å². The highest BCUT2D eigenvalue weighted by molar-refractivity contribution is 6.28. The standard InChI is InChI=1S/C9H12ClFN4O/c1-5(2)14-7(16)4-12-8-6(11)3-13-9(10)15-8/h3,5H,4H2,1-2H3,(H,14,16)(H,12,13,15). The molecule has 1 rings (SSSR count). The van der Waals surface area contributed by atoms with Crippen molar-refractivity contribution in [1.29, 1.82) is 0 Å². The van der Waals surface area contributed by atoms with Gasteiger partial charge in [0.1, 0.15) is 0 Å². The lowest BCUT2D eigenvalue weighted by Gasteiger charge is -2.09. The van der Waals surface area contributed by atoms with Crippen molar-refractivity contribution in [3.63, 3.8) is 0 Å².